The highest BCUT2D eigenvalue weighted by Gasteiger charge is 2.21. The molecule has 0 spiro atoms. The number of hydrogen-bond donors (Lipinski definition) is 1. The number of para-hydroxylation sites is 1. The van der Waals surface area contributed by atoms with Crippen LogP contribution in [0.2, 0.25) is 0 Å². The van der Waals surface area contributed by atoms with Crippen LogP contribution in [0.3, 0.4) is 0 Å². The number of nitrogens with one attached hydrogen (secondary N) is 1. The zero-order valence-electron chi connectivity index (χ0n) is 19.5. The van der Waals surface area contributed by atoms with Crippen LogP contribution in [-0.4, -0.2) is 39.1 Å². The molecule has 4 rings (SSSR count). The van der Waals surface area contributed by atoms with E-state index in [1.807, 2.05) is 6.20 Å². The summed E-state index contributed by atoms with van der Waals surface area (Å²) in [5, 5.41) is 11.8. The number of carbonyl (C=O) groups excluding carboxylic acids is 2. The van der Waals surface area contributed by atoms with Gasteiger partial charge in [-0.05, 0) is 36.0 Å². The van der Waals surface area contributed by atoms with Gasteiger partial charge in [0.1, 0.15) is 17.1 Å². The average Bonchev–Trinajstić information content (AvgIpc) is 3.28. The first-order valence-corrected chi connectivity index (χ1v) is 12.2. The molecule has 10 heteroatoms. The molecule has 0 aliphatic carbocycles. The largest absolute Gasteiger partial charge is 0.456 e. The van der Waals surface area contributed by atoms with Gasteiger partial charge in [0.05, 0.1) is 18.4 Å². The topological polar surface area (TPSA) is 116 Å². The van der Waals surface area contributed by atoms with Crippen LogP contribution in [0.5, 0.6) is 0 Å². The number of nitrogens with zero attached hydrogens (tertiary/aromatic N) is 3. The molecule has 0 saturated heterocycles. The number of aromatic nitrogens is 3. The van der Waals surface area contributed by atoms with Gasteiger partial charge in [-0.15, -0.1) is 5.10 Å². The Kier molecular flexibility index (Phi) is 7.36. The number of ether oxygens (including phenoxy) is 1. The quantitative estimate of drug-likeness (QED) is 0.228. The van der Waals surface area contributed by atoms with Crippen LogP contribution in [0.15, 0.2) is 70.0 Å². The minimum absolute atomic E-state index is 0.0177. The van der Waals surface area contributed by atoms with Gasteiger partial charge in [0.2, 0.25) is 0 Å². The molecular weight excluding hydrogens is 467 g/mol. The van der Waals surface area contributed by atoms with Gasteiger partial charge in [-0.2, -0.15) is 0 Å². The molecule has 0 bridgehead atoms. The van der Waals surface area contributed by atoms with E-state index in [0.29, 0.717) is 36.3 Å². The monoisotopic (exact) mass is 492 g/mol. The fourth-order valence-electron chi connectivity index (χ4n) is 3.62. The molecule has 180 valence electrons. The van der Waals surface area contributed by atoms with E-state index in [1.165, 1.54) is 13.0 Å². The van der Waals surface area contributed by atoms with Crippen molar-refractivity contribution in [3.63, 3.8) is 0 Å². The van der Waals surface area contributed by atoms with Crippen molar-refractivity contribution < 1.29 is 18.7 Å². The lowest BCUT2D eigenvalue weighted by molar-refractivity contribution is -0.146. The molecule has 2 aromatic heterocycles. The first kappa shape index (κ1) is 24.3. The van der Waals surface area contributed by atoms with Crippen LogP contribution in [0.25, 0.3) is 16.7 Å². The molecule has 0 saturated carbocycles. The predicted octanol–water partition coefficient (Wildman–Crippen LogP) is 3.12. The molecule has 2 atom stereocenters. The molecule has 2 heterocycles. The van der Waals surface area contributed by atoms with Gasteiger partial charge >= 0.3 is 11.6 Å². The van der Waals surface area contributed by atoms with Gasteiger partial charge in [-0.25, -0.2) is 9.48 Å². The third-order valence-electron chi connectivity index (χ3n) is 5.11. The van der Waals surface area contributed by atoms with Gasteiger partial charge in [-0.1, -0.05) is 45.8 Å². The highest BCUT2D eigenvalue weighted by Crippen LogP contribution is 2.25. The van der Waals surface area contributed by atoms with Crippen LogP contribution in [-0.2, 0) is 9.53 Å². The molecule has 2 unspecified atom stereocenters. The Bertz CT molecular complexity index is 1410. The number of hydrogen-bond acceptors (Lipinski definition) is 7. The van der Waals surface area contributed by atoms with Crippen molar-refractivity contribution >= 4 is 36.9 Å². The first-order valence-electron chi connectivity index (χ1n) is 11.1. The van der Waals surface area contributed by atoms with Crippen LogP contribution in [0.4, 0.5) is 0 Å². The Labute approximate surface area is 203 Å². The van der Waals surface area contributed by atoms with Gasteiger partial charge in [0, 0.05) is 29.5 Å². The molecule has 4 aromatic rings. The zero-order chi connectivity index (χ0) is 24.9. The maximum atomic E-state index is 12.8. The Hall–Kier alpha value is -3.84. The smallest absolute Gasteiger partial charge is 0.336 e. The minimum atomic E-state index is -0.861. The van der Waals surface area contributed by atoms with Gasteiger partial charge < -0.3 is 14.5 Å². The normalized spacial score (nSPS) is 12.3. The van der Waals surface area contributed by atoms with Crippen LogP contribution >= 0.6 is 8.58 Å². The summed E-state index contributed by atoms with van der Waals surface area (Å²) in [6, 6.07) is 15.2. The second-order valence-corrected chi connectivity index (χ2v) is 10.2. The van der Waals surface area contributed by atoms with Crippen LogP contribution < -0.4 is 16.4 Å². The van der Waals surface area contributed by atoms with E-state index < -0.39 is 17.7 Å². The highest BCUT2D eigenvalue weighted by atomic mass is 31.1. The number of fused-ring (bicyclic) bond motifs is 1. The van der Waals surface area contributed by atoms with Gasteiger partial charge in [-0.3, -0.25) is 9.59 Å². The summed E-state index contributed by atoms with van der Waals surface area (Å²) in [7, 11) is 0.576. The van der Waals surface area contributed by atoms with Gasteiger partial charge in [0.15, 0.2) is 0 Å². The van der Waals surface area contributed by atoms with E-state index in [0.717, 1.165) is 11.1 Å². The Morgan fingerprint density at radius 3 is 2.60 bits per heavy atom. The zero-order valence-corrected chi connectivity index (χ0v) is 20.5. The Balaban J connectivity index is 1.49. The molecular formula is C25H25N4O5P. The fourth-order valence-corrected chi connectivity index (χ4v) is 4.51. The summed E-state index contributed by atoms with van der Waals surface area (Å²) in [6.45, 7) is 5.52. The fraction of sp³-hybridized carbons (Fsp3) is 0.240. The summed E-state index contributed by atoms with van der Waals surface area (Å²) < 4.78 is 12.3. The van der Waals surface area contributed by atoms with E-state index in [-0.39, 0.29) is 12.5 Å². The van der Waals surface area contributed by atoms with Crippen molar-refractivity contribution in [1.82, 2.24) is 20.3 Å². The molecule has 9 nitrogen and oxygen atoms in total. The number of benzene rings is 2. The lowest BCUT2D eigenvalue weighted by Crippen LogP contribution is -2.30. The molecule has 35 heavy (non-hydrogen) atoms. The second-order valence-electron chi connectivity index (χ2n) is 8.22. The van der Waals surface area contributed by atoms with Crippen molar-refractivity contribution in [2.75, 3.05) is 6.54 Å². The maximum absolute atomic E-state index is 12.8. The van der Waals surface area contributed by atoms with E-state index in [4.69, 9.17) is 9.15 Å². The second kappa shape index (κ2) is 10.6. The molecule has 0 fully saturated rings. The molecule has 0 radical (unpaired) electrons. The summed E-state index contributed by atoms with van der Waals surface area (Å²) in [5.74, 6) is -0.877. The van der Waals surface area contributed by atoms with Crippen molar-refractivity contribution in [3.05, 3.63) is 82.3 Å². The summed E-state index contributed by atoms with van der Waals surface area (Å²) in [6.07, 6.45) is 1.03. The summed E-state index contributed by atoms with van der Waals surface area (Å²) >= 11 is 0. The molecule has 1 amide bonds. The van der Waals surface area contributed by atoms with Crippen molar-refractivity contribution in [1.29, 1.82) is 0 Å². The third-order valence-corrected chi connectivity index (χ3v) is 6.21. The SMILES string of the molecule is CC(=O)OC(CNC(=O)c1ccc(-n2cc(PC(C)C)nn2)cc1)c1cc(=O)oc2ccccc12. The van der Waals surface area contributed by atoms with Crippen molar-refractivity contribution in [2.45, 2.75) is 32.5 Å². The first-order chi connectivity index (χ1) is 16.8. The highest BCUT2D eigenvalue weighted by molar-refractivity contribution is 7.47. The Morgan fingerprint density at radius 1 is 1.14 bits per heavy atom. The molecule has 0 aliphatic rings. The lowest BCUT2D eigenvalue weighted by Gasteiger charge is -2.19. The average molecular weight is 492 g/mol. The minimum Gasteiger partial charge on any atom is -0.456 e. The molecule has 0 aliphatic heterocycles. The number of rotatable bonds is 8. The number of amides is 1. The van der Waals surface area contributed by atoms with E-state index >= 15 is 0 Å². The lowest BCUT2D eigenvalue weighted by atomic mass is 10.0. The van der Waals surface area contributed by atoms with E-state index in [2.05, 4.69) is 29.5 Å². The molecule has 1 N–H and O–H groups in total. The number of carbonyl (C=O) groups is 2. The van der Waals surface area contributed by atoms with Crippen LogP contribution in [0.1, 0.15) is 42.8 Å². The van der Waals surface area contributed by atoms with Crippen molar-refractivity contribution in [2.24, 2.45) is 0 Å². The van der Waals surface area contributed by atoms with E-state index in [1.54, 1.807) is 53.2 Å². The summed E-state index contributed by atoms with van der Waals surface area (Å²) in [4.78, 5) is 36.6. The third kappa shape index (κ3) is 6.00. The van der Waals surface area contributed by atoms with E-state index in [9.17, 15) is 14.4 Å². The maximum Gasteiger partial charge on any atom is 0.336 e. The predicted molar refractivity (Wildman–Crippen MR) is 134 cm³/mol. The van der Waals surface area contributed by atoms with Crippen molar-refractivity contribution in [3.8, 4) is 5.69 Å². The number of esters is 1. The Morgan fingerprint density at radius 2 is 1.89 bits per heavy atom. The standard InChI is InChI=1S/C25H25N4O5P/c1-15(2)35-23-14-29(28-27-23)18-10-8-17(9-11-18)25(32)26-13-22(33-16(3)30)20-12-24(31)34-21-7-5-4-6-19(20)21/h4-12,14-15,22,35H,13H2,1-3H3,(H,26,32). The van der Waals surface area contributed by atoms with Crippen LogP contribution in [0, 0.1) is 0 Å². The summed E-state index contributed by atoms with van der Waals surface area (Å²) in [5.41, 5.74) is 2.92. The molecule has 2 aromatic carbocycles. The van der Waals surface area contributed by atoms with Gasteiger partial charge in [0.25, 0.3) is 5.91 Å².